The number of nitriles is 1. The molecule has 0 saturated heterocycles. The molecule has 86 valence electrons. The Balaban J connectivity index is 1.73. The minimum absolute atomic E-state index is 0.326. The molecule has 6 heteroatoms. The first-order valence-corrected chi connectivity index (χ1v) is 5.32. The molecule has 6 nitrogen and oxygen atoms in total. The van der Waals surface area contributed by atoms with Gasteiger partial charge in [0.25, 0.3) is 0 Å². The Bertz CT molecular complexity index is 482. The quantitative estimate of drug-likeness (QED) is 0.774. The van der Waals surface area contributed by atoms with Crippen LogP contribution in [-0.4, -0.2) is 26.3 Å². The van der Waals surface area contributed by atoms with Crippen LogP contribution in [0, 0.1) is 11.3 Å². The van der Waals surface area contributed by atoms with Crippen LogP contribution in [-0.2, 0) is 6.54 Å². The molecule has 0 saturated carbocycles. The van der Waals surface area contributed by atoms with Gasteiger partial charge in [0.15, 0.2) is 5.69 Å². The summed E-state index contributed by atoms with van der Waals surface area (Å²) in [5.74, 6) is 0.685. The summed E-state index contributed by atoms with van der Waals surface area (Å²) < 4.78 is 1.88. The first kappa shape index (κ1) is 11.1. The maximum absolute atomic E-state index is 8.57. The van der Waals surface area contributed by atoms with E-state index in [0.29, 0.717) is 11.5 Å². The van der Waals surface area contributed by atoms with Gasteiger partial charge in [-0.15, -0.1) is 0 Å². The van der Waals surface area contributed by atoms with Crippen molar-refractivity contribution < 1.29 is 0 Å². The number of hydrogen-bond acceptors (Lipinski definition) is 5. The highest BCUT2D eigenvalue weighted by atomic mass is 15.3. The van der Waals surface area contributed by atoms with Gasteiger partial charge in [-0.05, 0) is 12.5 Å². The summed E-state index contributed by atoms with van der Waals surface area (Å²) >= 11 is 0. The normalized spacial score (nSPS) is 9.82. The summed E-state index contributed by atoms with van der Waals surface area (Å²) in [6, 6.07) is 3.83. The van der Waals surface area contributed by atoms with Crippen molar-refractivity contribution in [3.05, 3.63) is 36.5 Å². The van der Waals surface area contributed by atoms with Crippen LogP contribution in [0.4, 0.5) is 5.82 Å². The van der Waals surface area contributed by atoms with Gasteiger partial charge in [0, 0.05) is 25.5 Å². The maximum atomic E-state index is 8.57. The number of anilines is 1. The predicted molar refractivity (Wildman–Crippen MR) is 62.1 cm³/mol. The maximum Gasteiger partial charge on any atom is 0.158 e. The molecule has 1 N–H and O–H groups in total. The third-order valence-corrected chi connectivity index (χ3v) is 2.20. The molecule has 0 bridgehead atoms. The molecule has 17 heavy (non-hydrogen) atoms. The summed E-state index contributed by atoms with van der Waals surface area (Å²) in [6.07, 6.45) is 7.66. The van der Waals surface area contributed by atoms with E-state index in [9.17, 15) is 0 Å². The van der Waals surface area contributed by atoms with Gasteiger partial charge in [-0.2, -0.15) is 10.4 Å². The lowest BCUT2D eigenvalue weighted by atomic mass is 10.4. The van der Waals surface area contributed by atoms with Crippen molar-refractivity contribution in [1.29, 1.82) is 5.26 Å². The average molecular weight is 228 g/mol. The molecule has 0 aliphatic heterocycles. The number of nitrogens with zero attached hydrogens (tertiary/aromatic N) is 5. The molecular weight excluding hydrogens is 216 g/mol. The minimum Gasteiger partial charge on any atom is -0.369 e. The number of aromatic nitrogens is 4. The number of hydrogen-bond donors (Lipinski definition) is 1. The van der Waals surface area contributed by atoms with Crippen molar-refractivity contribution in [2.75, 3.05) is 11.9 Å². The topological polar surface area (TPSA) is 79.4 Å². The second-order valence-electron chi connectivity index (χ2n) is 3.45. The zero-order chi connectivity index (χ0) is 11.9. The fraction of sp³-hybridized carbons (Fsp3) is 0.273. The smallest absolute Gasteiger partial charge is 0.158 e. The van der Waals surface area contributed by atoms with E-state index in [1.165, 1.54) is 6.20 Å². The van der Waals surface area contributed by atoms with Crippen LogP contribution in [0.3, 0.4) is 0 Å². The van der Waals surface area contributed by atoms with Gasteiger partial charge >= 0.3 is 0 Å². The first-order valence-electron chi connectivity index (χ1n) is 5.32. The molecular formula is C11H12N6. The molecule has 0 atom stereocenters. The monoisotopic (exact) mass is 228 g/mol. The molecule has 0 fully saturated rings. The van der Waals surface area contributed by atoms with Crippen molar-refractivity contribution >= 4 is 5.82 Å². The van der Waals surface area contributed by atoms with Crippen molar-refractivity contribution in [1.82, 2.24) is 19.7 Å². The lowest BCUT2D eigenvalue weighted by Crippen LogP contribution is -2.08. The molecule has 2 heterocycles. The Morgan fingerprint density at radius 3 is 2.94 bits per heavy atom. The number of aryl methyl sites for hydroxylation is 1. The fourth-order valence-electron chi connectivity index (χ4n) is 1.37. The van der Waals surface area contributed by atoms with Gasteiger partial charge in [-0.3, -0.25) is 4.68 Å². The van der Waals surface area contributed by atoms with E-state index >= 15 is 0 Å². The Labute approximate surface area is 98.9 Å². The van der Waals surface area contributed by atoms with Crippen LogP contribution >= 0.6 is 0 Å². The molecule has 0 radical (unpaired) electrons. The van der Waals surface area contributed by atoms with Crippen LogP contribution in [0.5, 0.6) is 0 Å². The predicted octanol–water partition coefficient (Wildman–Crippen LogP) is 1.05. The summed E-state index contributed by atoms with van der Waals surface area (Å²) in [5.41, 5.74) is 0.326. The SMILES string of the molecule is N#Cc1cnc(NCCCn2cccn2)cn1. The third-order valence-electron chi connectivity index (χ3n) is 2.20. The zero-order valence-corrected chi connectivity index (χ0v) is 9.24. The van der Waals surface area contributed by atoms with E-state index in [1.807, 2.05) is 23.0 Å². The molecule has 0 amide bonds. The van der Waals surface area contributed by atoms with Crippen LogP contribution in [0.25, 0.3) is 0 Å². The van der Waals surface area contributed by atoms with Gasteiger partial charge in [-0.1, -0.05) is 0 Å². The lowest BCUT2D eigenvalue weighted by Gasteiger charge is -2.04. The Kier molecular flexibility index (Phi) is 3.65. The Morgan fingerprint density at radius 2 is 2.29 bits per heavy atom. The van der Waals surface area contributed by atoms with E-state index in [1.54, 1.807) is 12.4 Å². The van der Waals surface area contributed by atoms with Crippen molar-refractivity contribution in [2.45, 2.75) is 13.0 Å². The molecule has 2 rings (SSSR count). The summed E-state index contributed by atoms with van der Waals surface area (Å²) in [7, 11) is 0. The van der Waals surface area contributed by atoms with E-state index in [4.69, 9.17) is 5.26 Å². The highest BCUT2D eigenvalue weighted by Crippen LogP contribution is 2.00. The van der Waals surface area contributed by atoms with Crippen molar-refractivity contribution in [3.63, 3.8) is 0 Å². The van der Waals surface area contributed by atoms with Gasteiger partial charge in [-0.25, -0.2) is 9.97 Å². The number of rotatable bonds is 5. The van der Waals surface area contributed by atoms with Gasteiger partial charge in [0.1, 0.15) is 11.9 Å². The minimum atomic E-state index is 0.326. The van der Waals surface area contributed by atoms with Gasteiger partial charge in [0.2, 0.25) is 0 Å². The lowest BCUT2D eigenvalue weighted by molar-refractivity contribution is 0.591. The fourth-order valence-corrected chi connectivity index (χ4v) is 1.37. The molecule has 0 unspecified atom stereocenters. The summed E-state index contributed by atoms with van der Waals surface area (Å²) in [6.45, 7) is 1.66. The molecule has 0 spiro atoms. The zero-order valence-electron chi connectivity index (χ0n) is 9.24. The highest BCUT2D eigenvalue weighted by molar-refractivity contribution is 5.32. The summed E-state index contributed by atoms with van der Waals surface area (Å²) in [4.78, 5) is 7.99. The molecule has 0 aliphatic carbocycles. The second kappa shape index (κ2) is 5.61. The average Bonchev–Trinajstić information content (AvgIpc) is 2.88. The molecule has 2 aromatic rings. The van der Waals surface area contributed by atoms with Crippen LogP contribution < -0.4 is 5.32 Å². The van der Waals surface area contributed by atoms with Crippen LogP contribution in [0.1, 0.15) is 12.1 Å². The standard InChI is InChI=1S/C11H12N6/c12-7-10-8-15-11(9-14-10)13-3-1-5-17-6-2-4-16-17/h2,4,6,8-9H,1,3,5H2,(H,13,15). The van der Waals surface area contributed by atoms with Crippen LogP contribution in [0.2, 0.25) is 0 Å². The van der Waals surface area contributed by atoms with E-state index in [2.05, 4.69) is 20.4 Å². The van der Waals surface area contributed by atoms with E-state index in [-0.39, 0.29) is 0 Å². The Morgan fingerprint density at radius 1 is 1.35 bits per heavy atom. The van der Waals surface area contributed by atoms with Gasteiger partial charge in [0.05, 0.1) is 12.4 Å². The first-order chi connectivity index (χ1) is 8.38. The molecule has 0 aromatic carbocycles. The van der Waals surface area contributed by atoms with Crippen LogP contribution in [0.15, 0.2) is 30.9 Å². The third kappa shape index (κ3) is 3.28. The highest BCUT2D eigenvalue weighted by Gasteiger charge is 1.96. The molecule has 0 aliphatic rings. The van der Waals surface area contributed by atoms with Gasteiger partial charge < -0.3 is 5.32 Å². The molecule has 2 aromatic heterocycles. The van der Waals surface area contributed by atoms with E-state index in [0.717, 1.165) is 19.5 Å². The van der Waals surface area contributed by atoms with Crippen molar-refractivity contribution in [3.8, 4) is 6.07 Å². The summed E-state index contributed by atoms with van der Waals surface area (Å²) in [5, 5.41) is 15.8. The van der Waals surface area contributed by atoms with E-state index < -0.39 is 0 Å². The largest absolute Gasteiger partial charge is 0.369 e. The number of nitrogens with one attached hydrogen (secondary N) is 1. The second-order valence-corrected chi connectivity index (χ2v) is 3.45. The Hall–Kier alpha value is -2.42. The van der Waals surface area contributed by atoms with Crippen molar-refractivity contribution in [2.24, 2.45) is 0 Å².